The van der Waals surface area contributed by atoms with Crippen LogP contribution < -0.4 is 10.6 Å². The van der Waals surface area contributed by atoms with Gasteiger partial charge in [0.1, 0.15) is 5.60 Å². The first kappa shape index (κ1) is 17.6. The van der Waals surface area contributed by atoms with Crippen molar-refractivity contribution in [2.24, 2.45) is 23.2 Å². The molecule has 2 rings (SSSR count). The Hall–Kier alpha value is -0.770. The van der Waals surface area contributed by atoms with Crippen LogP contribution in [0.4, 0.5) is 4.79 Å². The second kappa shape index (κ2) is 6.77. The van der Waals surface area contributed by atoms with Crippen molar-refractivity contribution in [3.63, 3.8) is 0 Å². The minimum absolute atomic E-state index is 0.310. The van der Waals surface area contributed by atoms with E-state index in [4.69, 9.17) is 4.74 Å². The molecule has 4 heteroatoms. The summed E-state index contributed by atoms with van der Waals surface area (Å²) in [6.45, 7) is 12.9. The molecule has 0 aromatic rings. The Morgan fingerprint density at radius 1 is 1.23 bits per heavy atom. The summed E-state index contributed by atoms with van der Waals surface area (Å²) in [7, 11) is 0. The zero-order valence-corrected chi connectivity index (χ0v) is 15.0. The molecule has 0 saturated heterocycles. The van der Waals surface area contributed by atoms with Gasteiger partial charge < -0.3 is 15.4 Å². The van der Waals surface area contributed by atoms with Gasteiger partial charge >= 0.3 is 6.09 Å². The average molecular weight is 310 g/mol. The first-order chi connectivity index (χ1) is 10.2. The van der Waals surface area contributed by atoms with Crippen molar-refractivity contribution in [2.45, 2.75) is 65.9 Å². The van der Waals surface area contributed by atoms with Crippen LogP contribution in [0.3, 0.4) is 0 Å². The number of carbonyl (C=O) groups is 1. The summed E-state index contributed by atoms with van der Waals surface area (Å²) in [6, 6.07) is 0. The van der Waals surface area contributed by atoms with Gasteiger partial charge in [0, 0.05) is 13.1 Å². The van der Waals surface area contributed by atoms with Crippen molar-refractivity contribution in [1.82, 2.24) is 10.6 Å². The molecule has 1 unspecified atom stereocenters. The Balaban J connectivity index is 1.67. The summed E-state index contributed by atoms with van der Waals surface area (Å²) in [5.41, 5.74) is 0.207. The van der Waals surface area contributed by atoms with Crippen LogP contribution in [0.1, 0.15) is 60.3 Å². The number of amides is 1. The SMILES string of the molecule is CC(C)C(CNCC1(C2CC2)CC1)CNC(=O)OC(C)(C)C. The molecule has 1 amide bonds. The molecule has 2 N–H and O–H groups in total. The topological polar surface area (TPSA) is 50.4 Å². The van der Waals surface area contributed by atoms with Crippen molar-refractivity contribution in [3.8, 4) is 0 Å². The molecule has 2 aliphatic carbocycles. The molecule has 1 atom stereocenters. The van der Waals surface area contributed by atoms with Gasteiger partial charge in [0.25, 0.3) is 0 Å². The van der Waals surface area contributed by atoms with E-state index in [0.29, 0.717) is 23.8 Å². The van der Waals surface area contributed by atoms with Crippen LogP contribution in [0.2, 0.25) is 0 Å². The van der Waals surface area contributed by atoms with E-state index in [1.165, 1.54) is 25.7 Å². The monoisotopic (exact) mass is 310 g/mol. The highest BCUT2D eigenvalue weighted by molar-refractivity contribution is 5.67. The molecule has 0 spiro atoms. The molecule has 0 aliphatic heterocycles. The number of nitrogens with one attached hydrogen (secondary N) is 2. The molecule has 2 aliphatic rings. The highest BCUT2D eigenvalue weighted by atomic mass is 16.6. The van der Waals surface area contributed by atoms with Gasteiger partial charge in [-0.05, 0) is 76.2 Å². The van der Waals surface area contributed by atoms with Gasteiger partial charge in [-0.1, -0.05) is 13.8 Å². The molecule has 22 heavy (non-hydrogen) atoms. The zero-order valence-electron chi connectivity index (χ0n) is 15.0. The summed E-state index contributed by atoms with van der Waals surface area (Å²) in [5, 5.41) is 6.59. The molecule has 0 heterocycles. The predicted octanol–water partition coefficient (Wildman–Crippen LogP) is 3.56. The highest BCUT2D eigenvalue weighted by Gasteiger charge is 2.53. The molecule has 0 bridgehead atoms. The van der Waals surface area contributed by atoms with Crippen molar-refractivity contribution >= 4 is 6.09 Å². The van der Waals surface area contributed by atoms with Gasteiger partial charge in [-0.15, -0.1) is 0 Å². The lowest BCUT2D eigenvalue weighted by Crippen LogP contribution is -2.40. The van der Waals surface area contributed by atoms with Crippen LogP contribution in [-0.2, 0) is 4.74 Å². The van der Waals surface area contributed by atoms with E-state index in [1.807, 2.05) is 20.8 Å². The van der Waals surface area contributed by atoms with Crippen LogP contribution in [0.25, 0.3) is 0 Å². The van der Waals surface area contributed by atoms with Crippen molar-refractivity contribution in [3.05, 3.63) is 0 Å². The molecule has 0 radical (unpaired) electrons. The Kier molecular flexibility index (Phi) is 5.41. The number of rotatable bonds is 8. The Bertz CT molecular complexity index is 379. The van der Waals surface area contributed by atoms with E-state index in [0.717, 1.165) is 19.0 Å². The van der Waals surface area contributed by atoms with E-state index in [-0.39, 0.29) is 6.09 Å². The quantitative estimate of drug-likeness (QED) is 0.720. The van der Waals surface area contributed by atoms with Crippen LogP contribution in [0.15, 0.2) is 0 Å². The van der Waals surface area contributed by atoms with Crippen molar-refractivity contribution in [1.29, 1.82) is 0 Å². The lowest BCUT2D eigenvalue weighted by molar-refractivity contribution is 0.0514. The minimum atomic E-state index is -0.432. The Labute approximate surface area is 135 Å². The summed E-state index contributed by atoms with van der Waals surface area (Å²) in [5.74, 6) is 1.98. The standard InChI is InChI=1S/C18H34N2O2/c1-13(2)14(11-20-16(21)22-17(3,4)5)10-19-12-18(8-9-18)15-6-7-15/h13-15,19H,6-12H2,1-5H3,(H,20,21). The van der Waals surface area contributed by atoms with E-state index < -0.39 is 5.60 Å². The fraction of sp³-hybridized carbons (Fsp3) is 0.944. The van der Waals surface area contributed by atoms with E-state index in [1.54, 1.807) is 0 Å². The lowest BCUT2D eigenvalue weighted by Gasteiger charge is -2.25. The number of carbonyl (C=O) groups excluding carboxylic acids is 1. The lowest BCUT2D eigenvalue weighted by atomic mass is 9.94. The van der Waals surface area contributed by atoms with Crippen molar-refractivity contribution < 1.29 is 9.53 Å². The molecule has 128 valence electrons. The van der Waals surface area contributed by atoms with Gasteiger partial charge in [0.15, 0.2) is 0 Å². The van der Waals surface area contributed by atoms with Crippen LogP contribution >= 0.6 is 0 Å². The van der Waals surface area contributed by atoms with Crippen molar-refractivity contribution in [2.75, 3.05) is 19.6 Å². The van der Waals surface area contributed by atoms with Gasteiger partial charge in [0.05, 0.1) is 0 Å². The van der Waals surface area contributed by atoms with Gasteiger partial charge in [-0.3, -0.25) is 0 Å². The average Bonchev–Trinajstić information content (AvgIpc) is 3.23. The fourth-order valence-electron chi connectivity index (χ4n) is 3.16. The molecule has 0 aromatic carbocycles. The maximum absolute atomic E-state index is 11.8. The third-order valence-electron chi connectivity index (χ3n) is 5.07. The second-order valence-corrected chi connectivity index (χ2v) is 8.65. The molecule has 4 nitrogen and oxygen atoms in total. The van der Waals surface area contributed by atoms with Gasteiger partial charge in [-0.2, -0.15) is 0 Å². The van der Waals surface area contributed by atoms with Crippen LogP contribution in [0.5, 0.6) is 0 Å². The Morgan fingerprint density at radius 3 is 2.32 bits per heavy atom. The fourth-order valence-corrected chi connectivity index (χ4v) is 3.16. The van der Waals surface area contributed by atoms with Gasteiger partial charge in [-0.25, -0.2) is 4.79 Å². The molecular weight excluding hydrogens is 276 g/mol. The third-order valence-corrected chi connectivity index (χ3v) is 5.07. The number of alkyl carbamates (subject to hydrolysis) is 1. The predicted molar refractivity (Wildman–Crippen MR) is 89.8 cm³/mol. The maximum Gasteiger partial charge on any atom is 0.407 e. The summed E-state index contributed by atoms with van der Waals surface area (Å²) in [6.07, 6.45) is 5.39. The highest BCUT2D eigenvalue weighted by Crippen LogP contribution is 2.60. The molecule has 2 fully saturated rings. The minimum Gasteiger partial charge on any atom is -0.444 e. The van der Waals surface area contributed by atoms with E-state index in [9.17, 15) is 4.79 Å². The maximum atomic E-state index is 11.8. The largest absolute Gasteiger partial charge is 0.444 e. The number of hydrogen-bond acceptors (Lipinski definition) is 3. The summed E-state index contributed by atoms with van der Waals surface area (Å²) >= 11 is 0. The normalized spacial score (nSPS) is 21.5. The van der Waals surface area contributed by atoms with Crippen LogP contribution in [-0.4, -0.2) is 31.3 Å². The van der Waals surface area contributed by atoms with E-state index >= 15 is 0 Å². The number of ether oxygens (including phenoxy) is 1. The summed E-state index contributed by atoms with van der Waals surface area (Å²) < 4.78 is 5.31. The number of hydrogen-bond donors (Lipinski definition) is 2. The molecule has 2 saturated carbocycles. The smallest absolute Gasteiger partial charge is 0.407 e. The third kappa shape index (κ3) is 5.45. The van der Waals surface area contributed by atoms with Gasteiger partial charge in [0.2, 0.25) is 0 Å². The molecular formula is C18H34N2O2. The first-order valence-corrected chi connectivity index (χ1v) is 8.89. The van der Waals surface area contributed by atoms with Crippen LogP contribution in [0, 0.1) is 23.2 Å². The first-order valence-electron chi connectivity index (χ1n) is 8.89. The Morgan fingerprint density at radius 2 is 1.86 bits per heavy atom. The van der Waals surface area contributed by atoms with E-state index in [2.05, 4.69) is 24.5 Å². The second-order valence-electron chi connectivity index (χ2n) is 8.65. The summed E-state index contributed by atoms with van der Waals surface area (Å²) in [4.78, 5) is 11.8. The zero-order chi connectivity index (χ0) is 16.4. The molecule has 0 aromatic heterocycles.